The average Bonchev–Trinajstić information content (AvgIpc) is 2.59. The Hall–Kier alpha value is -0.620. The molecule has 0 spiro atoms. The monoisotopic (exact) mass is 280 g/mol. The number of aromatic nitrogens is 1. The van der Waals surface area contributed by atoms with Crippen molar-refractivity contribution in [1.82, 2.24) is 10.3 Å². The highest BCUT2D eigenvalue weighted by molar-refractivity contribution is 7.09. The van der Waals surface area contributed by atoms with E-state index >= 15 is 0 Å². The number of thiazole rings is 1. The maximum atomic E-state index is 12.1. The van der Waals surface area contributed by atoms with Gasteiger partial charge in [0.2, 0.25) is 0 Å². The first-order chi connectivity index (χ1) is 8.08. The van der Waals surface area contributed by atoms with Crippen LogP contribution in [-0.4, -0.2) is 17.2 Å². The molecule has 0 saturated heterocycles. The molecule has 0 fully saturated rings. The van der Waals surface area contributed by atoms with E-state index in [0.717, 1.165) is 10.7 Å². The van der Waals surface area contributed by atoms with Gasteiger partial charge in [-0.05, 0) is 6.92 Å². The van der Waals surface area contributed by atoms with Crippen molar-refractivity contribution in [3.05, 3.63) is 16.1 Å². The van der Waals surface area contributed by atoms with E-state index in [2.05, 4.69) is 31.1 Å². The second-order valence-corrected chi connectivity index (χ2v) is 6.35. The summed E-state index contributed by atoms with van der Waals surface area (Å²) in [4.78, 5) is 4.42. The summed E-state index contributed by atoms with van der Waals surface area (Å²) in [6, 6.07) is -0.593. The third-order valence-electron chi connectivity index (χ3n) is 2.36. The van der Waals surface area contributed by atoms with Crippen LogP contribution in [0.25, 0.3) is 0 Å². The standard InChI is InChI=1S/C12H19F3N2S/c1-8(5-12(13,14)15)16-6-9-7-18-10(17-9)11(2,3)4/h7-8,16H,5-6H2,1-4H3. The van der Waals surface area contributed by atoms with Gasteiger partial charge in [0, 0.05) is 23.4 Å². The Bertz CT molecular complexity index is 379. The van der Waals surface area contributed by atoms with Crippen LogP contribution in [0.5, 0.6) is 0 Å². The molecule has 1 aromatic heterocycles. The molecule has 1 N–H and O–H groups in total. The minimum Gasteiger partial charge on any atom is -0.308 e. The van der Waals surface area contributed by atoms with Crippen molar-refractivity contribution in [1.29, 1.82) is 0 Å². The zero-order chi connectivity index (χ0) is 14.0. The summed E-state index contributed by atoms with van der Waals surface area (Å²) in [7, 11) is 0. The van der Waals surface area contributed by atoms with Gasteiger partial charge in [-0.1, -0.05) is 20.8 Å². The van der Waals surface area contributed by atoms with Crippen molar-refractivity contribution < 1.29 is 13.2 Å². The Labute approximate surface area is 110 Å². The van der Waals surface area contributed by atoms with Gasteiger partial charge in [-0.25, -0.2) is 4.98 Å². The third kappa shape index (κ3) is 5.35. The molecule has 1 rings (SSSR count). The maximum absolute atomic E-state index is 12.1. The smallest absolute Gasteiger partial charge is 0.308 e. The molecule has 0 radical (unpaired) electrons. The van der Waals surface area contributed by atoms with Gasteiger partial charge in [0.25, 0.3) is 0 Å². The second-order valence-electron chi connectivity index (χ2n) is 5.50. The van der Waals surface area contributed by atoms with Crippen LogP contribution in [0.4, 0.5) is 13.2 Å². The average molecular weight is 280 g/mol. The van der Waals surface area contributed by atoms with E-state index in [1.807, 2.05) is 5.38 Å². The number of nitrogens with one attached hydrogen (secondary N) is 1. The molecule has 6 heteroatoms. The molecule has 1 heterocycles. The highest BCUT2D eigenvalue weighted by atomic mass is 32.1. The fourth-order valence-corrected chi connectivity index (χ4v) is 2.34. The first-order valence-corrected chi connectivity index (χ1v) is 6.71. The van der Waals surface area contributed by atoms with E-state index in [1.165, 1.54) is 6.92 Å². The second kappa shape index (κ2) is 5.57. The summed E-state index contributed by atoms with van der Waals surface area (Å²) in [5.74, 6) is 0. The van der Waals surface area contributed by atoms with Crippen molar-refractivity contribution in [3.63, 3.8) is 0 Å². The predicted molar refractivity (Wildman–Crippen MR) is 67.8 cm³/mol. The molecule has 1 aromatic rings. The largest absolute Gasteiger partial charge is 0.390 e. The van der Waals surface area contributed by atoms with Gasteiger partial charge in [0.15, 0.2) is 0 Å². The van der Waals surface area contributed by atoms with Crippen LogP contribution in [0.15, 0.2) is 5.38 Å². The number of hydrogen-bond acceptors (Lipinski definition) is 3. The minimum atomic E-state index is -4.12. The third-order valence-corrected chi connectivity index (χ3v) is 3.68. The molecular weight excluding hydrogens is 261 g/mol. The molecule has 2 nitrogen and oxygen atoms in total. The van der Waals surface area contributed by atoms with Gasteiger partial charge >= 0.3 is 6.18 Å². The minimum absolute atomic E-state index is 0.0134. The van der Waals surface area contributed by atoms with Crippen LogP contribution in [0, 0.1) is 0 Å². The lowest BCUT2D eigenvalue weighted by molar-refractivity contribution is -0.139. The van der Waals surface area contributed by atoms with Crippen LogP contribution < -0.4 is 5.32 Å². The molecule has 18 heavy (non-hydrogen) atoms. The highest BCUT2D eigenvalue weighted by Crippen LogP contribution is 2.26. The maximum Gasteiger partial charge on any atom is 0.390 e. The predicted octanol–water partition coefficient (Wildman–Crippen LogP) is 3.87. The van der Waals surface area contributed by atoms with Crippen LogP contribution in [0.1, 0.15) is 44.8 Å². The Kier molecular flexibility index (Phi) is 4.78. The quantitative estimate of drug-likeness (QED) is 0.905. The summed E-state index contributed by atoms with van der Waals surface area (Å²) >= 11 is 1.55. The van der Waals surface area contributed by atoms with Crippen molar-refractivity contribution in [3.8, 4) is 0 Å². The van der Waals surface area contributed by atoms with E-state index in [9.17, 15) is 13.2 Å². The molecular formula is C12H19F3N2S. The zero-order valence-electron chi connectivity index (χ0n) is 11.1. The zero-order valence-corrected chi connectivity index (χ0v) is 11.9. The summed E-state index contributed by atoms with van der Waals surface area (Å²) in [6.07, 6.45) is -4.94. The molecule has 0 aliphatic carbocycles. The number of halogens is 3. The number of rotatable bonds is 4. The summed E-state index contributed by atoms with van der Waals surface area (Å²) in [5.41, 5.74) is 0.791. The van der Waals surface area contributed by atoms with Crippen LogP contribution in [0.3, 0.4) is 0 Å². The summed E-state index contributed by atoms with van der Waals surface area (Å²) in [5, 5.41) is 5.74. The molecule has 1 atom stereocenters. The van der Waals surface area contributed by atoms with Crippen LogP contribution >= 0.6 is 11.3 Å². The van der Waals surface area contributed by atoms with E-state index < -0.39 is 18.6 Å². The molecule has 0 saturated carbocycles. The van der Waals surface area contributed by atoms with Crippen molar-refractivity contribution in [2.75, 3.05) is 0 Å². The lowest BCUT2D eigenvalue weighted by Gasteiger charge is -2.15. The fourth-order valence-electron chi connectivity index (χ4n) is 1.43. The van der Waals surface area contributed by atoms with Gasteiger partial charge in [-0.15, -0.1) is 11.3 Å². The molecule has 1 unspecified atom stereocenters. The molecule has 0 amide bonds. The first kappa shape index (κ1) is 15.4. The normalized spacial score (nSPS) is 14.8. The SMILES string of the molecule is CC(CC(F)(F)F)NCc1csc(C(C)(C)C)n1. The molecule has 0 aromatic carbocycles. The van der Waals surface area contributed by atoms with E-state index in [4.69, 9.17) is 0 Å². The Balaban J connectivity index is 2.47. The Morgan fingerprint density at radius 3 is 2.39 bits per heavy atom. The topological polar surface area (TPSA) is 24.9 Å². The highest BCUT2D eigenvalue weighted by Gasteiger charge is 2.29. The summed E-state index contributed by atoms with van der Waals surface area (Å²) < 4.78 is 36.4. The van der Waals surface area contributed by atoms with Crippen LogP contribution in [0.2, 0.25) is 0 Å². The first-order valence-electron chi connectivity index (χ1n) is 5.83. The van der Waals surface area contributed by atoms with Crippen molar-refractivity contribution >= 4 is 11.3 Å². The molecule has 0 aliphatic heterocycles. The molecule has 0 aliphatic rings. The number of nitrogens with zero attached hydrogens (tertiary/aromatic N) is 1. The van der Waals surface area contributed by atoms with Gasteiger partial charge in [0.05, 0.1) is 17.1 Å². The lowest BCUT2D eigenvalue weighted by atomic mass is 9.98. The lowest BCUT2D eigenvalue weighted by Crippen LogP contribution is -2.30. The number of hydrogen-bond donors (Lipinski definition) is 1. The number of alkyl halides is 3. The van der Waals surface area contributed by atoms with Gasteiger partial charge in [-0.2, -0.15) is 13.2 Å². The van der Waals surface area contributed by atoms with Gasteiger partial charge in [-0.3, -0.25) is 0 Å². The summed E-state index contributed by atoms with van der Waals surface area (Å²) in [6.45, 7) is 8.11. The van der Waals surface area contributed by atoms with Gasteiger partial charge < -0.3 is 5.32 Å². The molecule has 0 bridgehead atoms. The van der Waals surface area contributed by atoms with Crippen LogP contribution in [-0.2, 0) is 12.0 Å². The van der Waals surface area contributed by atoms with Crippen molar-refractivity contribution in [2.45, 2.75) is 58.3 Å². The fraction of sp³-hybridized carbons (Fsp3) is 0.750. The van der Waals surface area contributed by atoms with E-state index in [-0.39, 0.29) is 5.41 Å². The van der Waals surface area contributed by atoms with E-state index in [0.29, 0.717) is 6.54 Å². The van der Waals surface area contributed by atoms with Crippen molar-refractivity contribution in [2.24, 2.45) is 0 Å². The Morgan fingerprint density at radius 1 is 1.33 bits per heavy atom. The molecule has 104 valence electrons. The van der Waals surface area contributed by atoms with E-state index in [1.54, 1.807) is 11.3 Å². The Morgan fingerprint density at radius 2 is 1.94 bits per heavy atom. The van der Waals surface area contributed by atoms with Gasteiger partial charge in [0.1, 0.15) is 0 Å².